The number of aliphatic hydroxyl groups is 11. The second-order valence-corrected chi connectivity index (χ2v) is 27.9. The Morgan fingerprint density at radius 3 is 1.94 bits per heavy atom. The second-order valence-electron chi connectivity index (χ2n) is 27.9. The summed E-state index contributed by atoms with van der Waals surface area (Å²) in [6.07, 6.45) is -32.8. The highest BCUT2D eigenvalue weighted by Crippen LogP contribution is 2.76. The Balaban J connectivity index is 1.07. The Morgan fingerprint density at radius 2 is 1.33 bits per heavy atom. The van der Waals surface area contributed by atoms with Gasteiger partial charge in [0.15, 0.2) is 43.7 Å². The maximum absolute atomic E-state index is 14.3. The number of aliphatic carboxylic acids is 1. The number of hydrogen-bond donors (Lipinski definition) is 12. The summed E-state index contributed by atoms with van der Waals surface area (Å²) >= 11 is 0. The molecular weight excluding hydrogens is 1180 g/mol. The standard InChI is InChI=1S/C61H92O28/c1-11-25(2)50(77)88-47-48(81-27(4)66)61(24-64)29(19-56(47,5)6)28-12-13-35-57(7)16-15-36(58(8,23-63)34(57)14-17-59(35,9)60(28,10)20-37(61)80-26(3)65)84-55-46(87-54-42(73)40(71)39(70)33(21-62)83-54)44(43(74)45(86-55)49(75)76)85-52-32(18-30(67)51(78)89-52)82-53-41(72)38(69)31(68)22-79-53/h11-12,23,29-48,51-55,62,64,67-74,78H,13-22,24H2,1-10H3,(H,75,76)/b25-11-/t29-,30+,31+,32+,33+,34+,35+,36-,37+,38-,39-,40-,41+,42+,43-,44-,45-,46+,47-,48-,51-,52+,53-,54-,55+,57-,58-,59+,60+,61-/m0/s1. The van der Waals surface area contributed by atoms with Gasteiger partial charge in [0.1, 0.15) is 91.7 Å². The maximum atomic E-state index is 14.3. The lowest BCUT2D eigenvalue weighted by Crippen LogP contribution is -2.73. The number of carbonyl (C=O) groups excluding carboxylic acids is 4. The third-order valence-corrected chi connectivity index (χ3v) is 22.5. The number of esters is 3. The van der Waals surface area contributed by atoms with Crippen molar-refractivity contribution in [2.75, 3.05) is 19.8 Å². The molecule has 0 bridgehead atoms. The molecule has 8 fully saturated rings. The van der Waals surface area contributed by atoms with Crippen LogP contribution in [0.2, 0.25) is 0 Å². The van der Waals surface area contributed by atoms with Crippen LogP contribution in [0.5, 0.6) is 0 Å². The molecule has 30 atom stereocenters. The summed E-state index contributed by atoms with van der Waals surface area (Å²) in [6, 6.07) is 0. The van der Waals surface area contributed by atoms with Gasteiger partial charge in [-0.25, -0.2) is 9.59 Å². The summed E-state index contributed by atoms with van der Waals surface area (Å²) in [4.78, 5) is 67.7. The van der Waals surface area contributed by atoms with Crippen molar-refractivity contribution in [1.29, 1.82) is 0 Å². The van der Waals surface area contributed by atoms with E-state index in [-0.39, 0.29) is 18.8 Å². The average Bonchev–Trinajstić information content (AvgIpc) is 0.670. The van der Waals surface area contributed by atoms with E-state index in [4.69, 9.17) is 52.1 Å². The number of ether oxygens (including phenoxy) is 11. The molecule has 504 valence electrons. The maximum Gasteiger partial charge on any atom is 0.335 e. The van der Waals surface area contributed by atoms with Crippen molar-refractivity contribution in [3.63, 3.8) is 0 Å². The molecule has 0 aromatic heterocycles. The van der Waals surface area contributed by atoms with Gasteiger partial charge in [0.05, 0.1) is 36.8 Å². The van der Waals surface area contributed by atoms with Crippen molar-refractivity contribution < 1.29 is 137 Å². The average molecular weight is 1270 g/mol. The topological polar surface area (TPSA) is 430 Å². The molecule has 4 heterocycles. The van der Waals surface area contributed by atoms with Gasteiger partial charge in [-0.2, -0.15) is 0 Å². The van der Waals surface area contributed by atoms with Crippen molar-refractivity contribution in [1.82, 2.24) is 0 Å². The molecule has 0 aromatic rings. The van der Waals surface area contributed by atoms with Gasteiger partial charge in [0.25, 0.3) is 0 Å². The summed E-state index contributed by atoms with van der Waals surface area (Å²) in [5, 5.41) is 131. The highest BCUT2D eigenvalue weighted by molar-refractivity contribution is 5.87. The van der Waals surface area contributed by atoms with E-state index >= 15 is 0 Å². The van der Waals surface area contributed by atoms with Crippen LogP contribution in [0.15, 0.2) is 23.3 Å². The molecule has 0 aromatic carbocycles. The largest absolute Gasteiger partial charge is 0.479 e. The monoisotopic (exact) mass is 1270 g/mol. The minimum Gasteiger partial charge on any atom is -0.479 e. The molecule has 4 aliphatic heterocycles. The summed E-state index contributed by atoms with van der Waals surface area (Å²) in [6.45, 7) is 15.7. The predicted octanol–water partition coefficient (Wildman–Crippen LogP) is -1.09. The fourth-order valence-corrected chi connectivity index (χ4v) is 17.3. The van der Waals surface area contributed by atoms with Crippen molar-refractivity contribution >= 4 is 30.2 Å². The molecule has 5 aliphatic carbocycles. The summed E-state index contributed by atoms with van der Waals surface area (Å²) < 4.78 is 67.0. The molecule has 0 amide bonds. The Morgan fingerprint density at radius 1 is 0.663 bits per heavy atom. The van der Waals surface area contributed by atoms with Crippen LogP contribution in [0.4, 0.5) is 0 Å². The van der Waals surface area contributed by atoms with E-state index in [9.17, 15) is 85.3 Å². The zero-order valence-electron chi connectivity index (χ0n) is 51.8. The first kappa shape index (κ1) is 69.6. The number of hydrogen-bond acceptors (Lipinski definition) is 27. The van der Waals surface area contributed by atoms with Crippen LogP contribution >= 0.6 is 0 Å². The van der Waals surface area contributed by atoms with Crippen LogP contribution < -0.4 is 0 Å². The number of allylic oxidation sites excluding steroid dienone is 3. The van der Waals surface area contributed by atoms with Crippen molar-refractivity contribution in [2.24, 2.45) is 50.2 Å². The number of aldehydes is 1. The molecule has 28 nitrogen and oxygen atoms in total. The van der Waals surface area contributed by atoms with Crippen LogP contribution in [0, 0.1) is 50.2 Å². The first-order valence-corrected chi connectivity index (χ1v) is 30.8. The van der Waals surface area contributed by atoms with Gasteiger partial charge in [-0.1, -0.05) is 59.3 Å². The zero-order valence-corrected chi connectivity index (χ0v) is 51.8. The molecule has 4 saturated carbocycles. The summed E-state index contributed by atoms with van der Waals surface area (Å²) in [5.41, 5.74) is -4.65. The van der Waals surface area contributed by atoms with E-state index in [1.54, 1.807) is 26.8 Å². The number of carboxylic acids is 1. The Labute approximate surface area is 515 Å². The molecule has 9 rings (SSSR count). The van der Waals surface area contributed by atoms with Gasteiger partial charge in [-0.05, 0) is 92.8 Å². The first-order valence-electron chi connectivity index (χ1n) is 30.8. The Bertz CT molecular complexity index is 2670. The van der Waals surface area contributed by atoms with E-state index < -0.39 is 230 Å². The minimum atomic E-state index is -2.29. The van der Waals surface area contributed by atoms with E-state index in [1.165, 1.54) is 13.8 Å². The van der Waals surface area contributed by atoms with Crippen LogP contribution in [0.1, 0.15) is 121 Å². The highest BCUT2D eigenvalue weighted by atomic mass is 16.8. The van der Waals surface area contributed by atoms with Gasteiger partial charge in [0, 0.05) is 31.3 Å². The smallest absolute Gasteiger partial charge is 0.335 e. The highest BCUT2D eigenvalue weighted by Gasteiger charge is 2.75. The molecule has 9 aliphatic rings. The third kappa shape index (κ3) is 11.9. The quantitative estimate of drug-likeness (QED) is 0.0218. The molecular formula is C61H92O28. The molecule has 0 radical (unpaired) electrons. The van der Waals surface area contributed by atoms with E-state index in [2.05, 4.69) is 26.8 Å². The van der Waals surface area contributed by atoms with E-state index in [0.717, 1.165) is 11.9 Å². The molecule has 28 heteroatoms. The molecule has 0 unspecified atom stereocenters. The van der Waals surface area contributed by atoms with Gasteiger partial charge in [0.2, 0.25) is 0 Å². The SMILES string of the molecule is C/C=C(/C)C(=O)O[C@H]1[C@H](OC(C)=O)[C@]2(CO)[C@H](OC(C)=O)C[C@]3(C)C(=CC[C@@H]4[C@@]5(C)CC[C@H](O[C@@H]6O[C@H](C(=O)O)[C@@H](O)[C@H](O[C@@H]7O[C@H](O)[C@H](O)C[C@H]7O[C@@H]7OC[C@@H](O)[C@H](O)[C@H]7O)[C@H]6O[C@@H]6O[C@H](CO)[C@H](O)[C@H](O)[C@H]6O)[C@@](C)(C=O)[C@@H]5CC[C@]43C)[C@@H]2CC1(C)C. The predicted molar refractivity (Wildman–Crippen MR) is 298 cm³/mol. The van der Waals surface area contributed by atoms with E-state index in [1.807, 2.05) is 13.8 Å². The normalized spacial score (nSPS) is 49.7. The minimum absolute atomic E-state index is 0.0912. The van der Waals surface area contributed by atoms with Crippen molar-refractivity contribution in [3.8, 4) is 0 Å². The third-order valence-electron chi connectivity index (χ3n) is 22.5. The van der Waals surface area contributed by atoms with Crippen LogP contribution in [-0.4, -0.2) is 246 Å². The summed E-state index contributed by atoms with van der Waals surface area (Å²) in [7, 11) is 0. The molecule has 0 spiro atoms. The Hall–Kier alpha value is -3.73. The van der Waals surface area contributed by atoms with E-state index in [0.29, 0.717) is 37.7 Å². The molecule has 4 saturated heterocycles. The van der Waals surface area contributed by atoms with Crippen LogP contribution in [0.3, 0.4) is 0 Å². The number of aliphatic hydroxyl groups excluding tert-OH is 11. The van der Waals surface area contributed by atoms with Gasteiger partial charge in [-0.15, -0.1) is 0 Å². The Kier molecular flexibility index (Phi) is 20.2. The fourth-order valence-electron chi connectivity index (χ4n) is 17.3. The summed E-state index contributed by atoms with van der Waals surface area (Å²) in [5.74, 6) is -5.02. The fraction of sp³-hybridized carbons (Fsp3) is 0.852. The van der Waals surface area contributed by atoms with Gasteiger partial charge < -0.3 is 118 Å². The van der Waals surface area contributed by atoms with Gasteiger partial charge in [-0.3, -0.25) is 9.59 Å². The lowest BCUT2D eigenvalue weighted by atomic mass is 9.33. The van der Waals surface area contributed by atoms with Crippen LogP contribution in [0.25, 0.3) is 0 Å². The van der Waals surface area contributed by atoms with Gasteiger partial charge >= 0.3 is 23.9 Å². The number of rotatable bonds is 16. The second kappa shape index (κ2) is 25.9. The molecule has 89 heavy (non-hydrogen) atoms. The van der Waals surface area contributed by atoms with Crippen LogP contribution in [-0.2, 0) is 76.1 Å². The number of fused-ring (bicyclic) bond motifs is 7. The molecule has 12 N–H and O–H groups in total. The van der Waals surface area contributed by atoms with Crippen molar-refractivity contribution in [2.45, 2.75) is 256 Å². The van der Waals surface area contributed by atoms with Crippen molar-refractivity contribution in [3.05, 3.63) is 23.3 Å². The lowest BCUT2D eigenvalue weighted by Gasteiger charge is -2.72. The lowest BCUT2D eigenvalue weighted by molar-refractivity contribution is -0.405. The number of carbonyl (C=O) groups is 5. The first-order chi connectivity index (χ1) is 41.6. The zero-order chi connectivity index (χ0) is 65.6. The number of carboxylic acid groups (broad SMARTS) is 1.